The highest BCUT2D eigenvalue weighted by Gasteiger charge is 2.16. The van der Waals surface area contributed by atoms with Gasteiger partial charge in [0.05, 0.1) is 18.8 Å². The minimum Gasteiger partial charge on any atom is -0.493 e. The molecular formula is C16H26BrNO3. The molecule has 0 heterocycles. The average Bonchev–Trinajstić information content (AvgIpc) is 2.45. The normalized spacial score (nSPS) is 11.7. The van der Waals surface area contributed by atoms with Crippen molar-refractivity contribution in [1.82, 2.24) is 5.32 Å². The van der Waals surface area contributed by atoms with Crippen LogP contribution in [0, 0.1) is 0 Å². The fourth-order valence-corrected chi connectivity index (χ4v) is 2.14. The molecule has 0 amide bonds. The van der Waals surface area contributed by atoms with Gasteiger partial charge in [-0.25, -0.2) is 0 Å². The molecule has 0 aliphatic rings. The molecule has 0 aliphatic carbocycles. The van der Waals surface area contributed by atoms with Crippen molar-refractivity contribution in [2.24, 2.45) is 0 Å². The van der Waals surface area contributed by atoms with Crippen molar-refractivity contribution < 1.29 is 14.2 Å². The molecule has 4 nitrogen and oxygen atoms in total. The lowest BCUT2D eigenvalue weighted by molar-refractivity contribution is 0.00537. The van der Waals surface area contributed by atoms with Gasteiger partial charge in [-0.1, -0.05) is 15.9 Å². The summed E-state index contributed by atoms with van der Waals surface area (Å²) >= 11 is 3.50. The van der Waals surface area contributed by atoms with Gasteiger partial charge in [-0.3, -0.25) is 0 Å². The Morgan fingerprint density at radius 1 is 1.19 bits per heavy atom. The first-order valence-electron chi connectivity index (χ1n) is 7.14. The largest absolute Gasteiger partial charge is 0.493 e. The fraction of sp³-hybridized carbons (Fsp3) is 0.625. The first kappa shape index (κ1) is 18.4. The zero-order chi connectivity index (χ0) is 15.7. The van der Waals surface area contributed by atoms with Crippen LogP contribution in [0.2, 0.25) is 0 Å². The Labute approximate surface area is 136 Å². The lowest BCUT2D eigenvalue weighted by Crippen LogP contribution is -2.25. The number of ether oxygens (including phenoxy) is 3. The van der Waals surface area contributed by atoms with E-state index in [1.807, 2.05) is 12.1 Å². The number of hydrogen-bond donors (Lipinski definition) is 1. The smallest absolute Gasteiger partial charge is 0.123 e. The van der Waals surface area contributed by atoms with Crippen LogP contribution in [0.3, 0.4) is 0 Å². The predicted molar refractivity (Wildman–Crippen MR) is 88.9 cm³/mol. The van der Waals surface area contributed by atoms with Crippen LogP contribution in [0.5, 0.6) is 5.75 Å². The van der Waals surface area contributed by atoms with Gasteiger partial charge in [0.1, 0.15) is 5.75 Å². The summed E-state index contributed by atoms with van der Waals surface area (Å²) in [5.41, 5.74) is 0.974. The van der Waals surface area contributed by atoms with Crippen molar-refractivity contribution in [3.05, 3.63) is 28.2 Å². The summed E-state index contributed by atoms with van der Waals surface area (Å²) in [5.74, 6) is 0.912. The molecule has 120 valence electrons. The highest BCUT2D eigenvalue weighted by Crippen LogP contribution is 2.24. The van der Waals surface area contributed by atoms with E-state index in [1.54, 1.807) is 14.2 Å². The van der Waals surface area contributed by atoms with Gasteiger partial charge >= 0.3 is 0 Å². The van der Waals surface area contributed by atoms with Crippen molar-refractivity contribution in [3.63, 3.8) is 0 Å². The van der Waals surface area contributed by atoms with Crippen LogP contribution in [0.1, 0.15) is 25.8 Å². The molecule has 0 saturated carbocycles. The van der Waals surface area contributed by atoms with Crippen molar-refractivity contribution >= 4 is 15.9 Å². The molecule has 0 bridgehead atoms. The lowest BCUT2D eigenvalue weighted by atomic mass is 10.1. The molecule has 0 radical (unpaired) electrons. The summed E-state index contributed by atoms with van der Waals surface area (Å²) in [7, 11) is 3.43. The SMILES string of the molecule is COCCNCc1cc(Br)ccc1OCCC(C)(C)OC. The van der Waals surface area contributed by atoms with Crippen molar-refractivity contribution in [3.8, 4) is 5.75 Å². The van der Waals surface area contributed by atoms with Crippen LogP contribution >= 0.6 is 15.9 Å². The fourth-order valence-electron chi connectivity index (χ4n) is 1.73. The average molecular weight is 360 g/mol. The predicted octanol–water partition coefficient (Wildman–Crippen LogP) is 3.38. The Kier molecular flexibility index (Phi) is 8.26. The topological polar surface area (TPSA) is 39.7 Å². The quantitative estimate of drug-likeness (QED) is 0.650. The van der Waals surface area contributed by atoms with Gasteiger partial charge in [0.25, 0.3) is 0 Å². The van der Waals surface area contributed by atoms with E-state index in [9.17, 15) is 0 Å². The molecule has 1 rings (SSSR count). The summed E-state index contributed by atoms with van der Waals surface area (Å²) in [6.07, 6.45) is 0.843. The number of halogens is 1. The van der Waals surface area contributed by atoms with E-state index >= 15 is 0 Å². The monoisotopic (exact) mass is 359 g/mol. The van der Waals surface area contributed by atoms with Crippen LogP contribution in [-0.4, -0.2) is 39.6 Å². The molecule has 5 heteroatoms. The molecule has 0 spiro atoms. The summed E-state index contributed by atoms with van der Waals surface area (Å²) in [5, 5.41) is 3.34. The standard InChI is InChI=1S/C16H26BrNO3/c1-16(2,20-4)7-9-21-15-6-5-14(17)11-13(15)12-18-8-10-19-3/h5-6,11,18H,7-10,12H2,1-4H3. The van der Waals surface area contributed by atoms with Gasteiger partial charge in [-0.05, 0) is 32.0 Å². The maximum atomic E-state index is 5.91. The zero-order valence-electron chi connectivity index (χ0n) is 13.4. The van der Waals surface area contributed by atoms with Crippen molar-refractivity contribution in [2.45, 2.75) is 32.4 Å². The number of benzene rings is 1. The minimum atomic E-state index is -0.160. The van der Waals surface area contributed by atoms with E-state index < -0.39 is 0 Å². The number of hydrogen-bond acceptors (Lipinski definition) is 4. The number of methoxy groups -OCH3 is 2. The zero-order valence-corrected chi connectivity index (χ0v) is 15.0. The highest BCUT2D eigenvalue weighted by atomic mass is 79.9. The third-order valence-electron chi connectivity index (χ3n) is 3.34. The number of rotatable bonds is 10. The molecule has 1 aromatic carbocycles. The van der Waals surface area contributed by atoms with Gasteiger partial charge < -0.3 is 19.5 Å². The molecule has 1 N–H and O–H groups in total. The van der Waals surface area contributed by atoms with Crippen LogP contribution in [0.15, 0.2) is 22.7 Å². The van der Waals surface area contributed by atoms with E-state index in [0.717, 1.165) is 35.3 Å². The molecule has 0 saturated heterocycles. The molecule has 0 fully saturated rings. The molecular weight excluding hydrogens is 334 g/mol. The van der Waals surface area contributed by atoms with E-state index in [4.69, 9.17) is 14.2 Å². The molecule has 0 atom stereocenters. The van der Waals surface area contributed by atoms with Crippen LogP contribution in [0.25, 0.3) is 0 Å². The van der Waals surface area contributed by atoms with Crippen molar-refractivity contribution in [2.75, 3.05) is 34.0 Å². The Balaban J connectivity index is 2.55. The summed E-state index contributed by atoms with van der Waals surface area (Å²) in [4.78, 5) is 0. The lowest BCUT2D eigenvalue weighted by Gasteiger charge is -2.23. The van der Waals surface area contributed by atoms with Crippen molar-refractivity contribution in [1.29, 1.82) is 0 Å². The van der Waals surface area contributed by atoms with Gasteiger partial charge in [-0.2, -0.15) is 0 Å². The maximum absolute atomic E-state index is 5.91. The van der Waals surface area contributed by atoms with Gasteiger partial charge in [0.15, 0.2) is 0 Å². The first-order chi connectivity index (χ1) is 9.98. The van der Waals surface area contributed by atoms with Gasteiger partial charge in [0, 0.05) is 43.8 Å². The second-order valence-corrected chi connectivity index (χ2v) is 6.40. The van der Waals surface area contributed by atoms with E-state index in [1.165, 1.54) is 0 Å². The second kappa shape index (κ2) is 9.41. The first-order valence-corrected chi connectivity index (χ1v) is 7.94. The molecule has 21 heavy (non-hydrogen) atoms. The molecule has 0 aromatic heterocycles. The summed E-state index contributed by atoms with van der Waals surface area (Å²) in [6, 6.07) is 6.07. The second-order valence-electron chi connectivity index (χ2n) is 5.48. The third-order valence-corrected chi connectivity index (χ3v) is 3.83. The Bertz CT molecular complexity index is 424. The molecule has 0 unspecified atom stereocenters. The minimum absolute atomic E-state index is 0.160. The highest BCUT2D eigenvalue weighted by molar-refractivity contribution is 9.10. The third kappa shape index (κ3) is 7.27. The summed E-state index contributed by atoms with van der Waals surface area (Å²) in [6.45, 7) is 7.03. The number of nitrogens with one attached hydrogen (secondary N) is 1. The Morgan fingerprint density at radius 2 is 1.95 bits per heavy atom. The van der Waals surface area contributed by atoms with Crippen LogP contribution in [0.4, 0.5) is 0 Å². The summed E-state index contributed by atoms with van der Waals surface area (Å²) < 4.78 is 17.4. The van der Waals surface area contributed by atoms with E-state index in [2.05, 4.69) is 41.2 Å². The molecule has 1 aromatic rings. The Hall–Kier alpha value is -0.620. The van der Waals surface area contributed by atoms with Crippen LogP contribution < -0.4 is 10.1 Å². The van der Waals surface area contributed by atoms with Crippen LogP contribution in [-0.2, 0) is 16.0 Å². The van der Waals surface area contributed by atoms with Gasteiger partial charge in [0.2, 0.25) is 0 Å². The van der Waals surface area contributed by atoms with E-state index in [0.29, 0.717) is 13.2 Å². The Morgan fingerprint density at radius 3 is 2.62 bits per heavy atom. The van der Waals surface area contributed by atoms with Gasteiger partial charge in [-0.15, -0.1) is 0 Å². The maximum Gasteiger partial charge on any atom is 0.123 e. The van der Waals surface area contributed by atoms with E-state index in [-0.39, 0.29) is 5.60 Å². The molecule has 0 aliphatic heterocycles.